The number of ketones is 1. The van der Waals surface area contributed by atoms with Gasteiger partial charge in [-0.2, -0.15) is 0 Å². The summed E-state index contributed by atoms with van der Waals surface area (Å²) in [5.41, 5.74) is 1.51. The van der Waals surface area contributed by atoms with Gasteiger partial charge in [0.2, 0.25) is 0 Å². The molecule has 0 atom stereocenters. The van der Waals surface area contributed by atoms with Crippen molar-refractivity contribution in [2.45, 2.75) is 5.41 Å². The van der Waals surface area contributed by atoms with Gasteiger partial charge in [-0.15, -0.1) is 0 Å². The Bertz CT molecular complexity index is 849. The van der Waals surface area contributed by atoms with E-state index in [2.05, 4.69) is 0 Å². The SMILES string of the molecule is O=C1c2cc(Cl)ccc2OCC1(c1ccccc1)c1ccccc1. The molecule has 1 aliphatic rings. The molecule has 0 bridgehead atoms. The van der Waals surface area contributed by atoms with Crippen molar-refractivity contribution in [2.75, 3.05) is 6.61 Å². The molecule has 118 valence electrons. The van der Waals surface area contributed by atoms with E-state index in [9.17, 15) is 4.79 Å². The van der Waals surface area contributed by atoms with Crippen LogP contribution in [0.1, 0.15) is 21.5 Å². The molecule has 0 fully saturated rings. The van der Waals surface area contributed by atoms with E-state index in [0.29, 0.717) is 16.3 Å². The van der Waals surface area contributed by atoms with E-state index in [1.807, 2.05) is 60.7 Å². The van der Waals surface area contributed by atoms with Gasteiger partial charge in [0.1, 0.15) is 17.8 Å². The van der Waals surface area contributed by atoms with Crippen molar-refractivity contribution in [3.63, 3.8) is 0 Å². The average Bonchev–Trinajstić information content (AvgIpc) is 2.64. The van der Waals surface area contributed by atoms with Crippen molar-refractivity contribution in [2.24, 2.45) is 0 Å². The Labute approximate surface area is 145 Å². The summed E-state index contributed by atoms with van der Waals surface area (Å²) in [7, 11) is 0. The number of fused-ring (bicyclic) bond motifs is 1. The van der Waals surface area contributed by atoms with E-state index in [-0.39, 0.29) is 12.4 Å². The quantitative estimate of drug-likeness (QED) is 0.666. The third-order valence-electron chi connectivity index (χ3n) is 4.55. The predicted molar refractivity (Wildman–Crippen MR) is 94.9 cm³/mol. The van der Waals surface area contributed by atoms with Crippen molar-refractivity contribution in [1.82, 2.24) is 0 Å². The molecule has 24 heavy (non-hydrogen) atoms. The number of hydrogen-bond donors (Lipinski definition) is 0. The summed E-state index contributed by atoms with van der Waals surface area (Å²) in [6.07, 6.45) is 0. The van der Waals surface area contributed by atoms with Crippen molar-refractivity contribution in [1.29, 1.82) is 0 Å². The minimum absolute atomic E-state index is 0.0173. The third-order valence-corrected chi connectivity index (χ3v) is 4.79. The lowest BCUT2D eigenvalue weighted by atomic mass is 9.69. The number of carbonyl (C=O) groups is 1. The molecule has 0 aliphatic carbocycles. The van der Waals surface area contributed by atoms with Crippen LogP contribution in [0.15, 0.2) is 78.9 Å². The van der Waals surface area contributed by atoms with Gasteiger partial charge in [-0.3, -0.25) is 4.79 Å². The summed E-state index contributed by atoms with van der Waals surface area (Å²) in [6.45, 7) is 0.272. The molecular formula is C21H15ClO2. The first-order valence-corrected chi connectivity index (χ1v) is 8.18. The first-order chi connectivity index (χ1) is 11.7. The Morgan fingerprint density at radius 2 is 1.42 bits per heavy atom. The molecule has 1 aliphatic heterocycles. The standard InChI is InChI=1S/C21H15ClO2/c22-17-11-12-19-18(13-17)20(23)21(14-24-19,15-7-3-1-4-8-15)16-9-5-2-6-10-16/h1-13H,14H2. The summed E-state index contributed by atoms with van der Waals surface area (Å²) in [6, 6.07) is 24.8. The van der Waals surface area contributed by atoms with Crippen molar-refractivity contribution in [3.8, 4) is 5.75 Å². The van der Waals surface area contributed by atoms with Crippen LogP contribution in [-0.2, 0) is 5.41 Å². The summed E-state index contributed by atoms with van der Waals surface area (Å²) in [5, 5.41) is 0.530. The van der Waals surface area contributed by atoms with E-state index in [1.165, 1.54) is 0 Å². The maximum absolute atomic E-state index is 13.6. The Morgan fingerprint density at radius 1 is 0.833 bits per heavy atom. The van der Waals surface area contributed by atoms with Gasteiger partial charge in [0.15, 0.2) is 5.78 Å². The fraction of sp³-hybridized carbons (Fsp3) is 0.0952. The zero-order valence-corrected chi connectivity index (χ0v) is 13.7. The molecule has 3 heteroatoms. The number of halogens is 1. The number of ether oxygens (including phenoxy) is 1. The van der Waals surface area contributed by atoms with Gasteiger partial charge in [0, 0.05) is 5.02 Å². The first-order valence-electron chi connectivity index (χ1n) is 7.80. The van der Waals surface area contributed by atoms with Crippen LogP contribution in [0, 0.1) is 0 Å². The van der Waals surface area contributed by atoms with E-state index < -0.39 is 5.41 Å². The predicted octanol–water partition coefficient (Wildman–Crippen LogP) is 4.90. The Morgan fingerprint density at radius 3 is 2.00 bits per heavy atom. The van der Waals surface area contributed by atoms with Crippen LogP contribution in [0.5, 0.6) is 5.75 Å². The maximum atomic E-state index is 13.6. The largest absolute Gasteiger partial charge is 0.491 e. The molecule has 4 rings (SSSR count). The Balaban J connectivity index is 1.97. The number of Topliss-reactive ketones (excluding diaryl/α,β-unsaturated/α-hetero) is 1. The monoisotopic (exact) mass is 334 g/mol. The van der Waals surface area contributed by atoms with E-state index in [4.69, 9.17) is 16.3 Å². The lowest BCUT2D eigenvalue weighted by Gasteiger charge is -2.37. The Hall–Kier alpha value is -2.58. The van der Waals surface area contributed by atoms with Crippen LogP contribution >= 0.6 is 11.6 Å². The molecular weight excluding hydrogens is 320 g/mol. The molecule has 2 nitrogen and oxygen atoms in total. The third kappa shape index (κ3) is 2.22. The van der Waals surface area contributed by atoms with Crippen molar-refractivity contribution >= 4 is 17.4 Å². The molecule has 0 saturated carbocycles. The molecule has 0 N–H and O–H groups in total. The second-order valence-corrected chi connectivity index (χ2v) is 6.33. The lowest BCUT2D eigenvalue weighted by Crippen LogP contribution is -2.46. The van der Waals surface area contributed by atoms with Gasteiger partial charge in [-0.05, 0) is 29.3 Å². The van der Waals surface area contributed by atoms with Crippen molar-refractivity contribution < 1.29 is 9.53 Å². The van der Waals surface area contributed by atoms with Gasteiger partial charge in [-0.25, -0.2) is 0 Å². The molecule has 0 saturated heterocycles. The highest BCUT2D eigenvalue weighted by Crippen LogP contribution is 2.42. The fourth-order valence-corrected chi connectivity index (χ4v) is 3.50. The summed E-state index contributed by atoms with van der Waals surface area (Å²) in [5.74, 6) is 0.607. The molecule has 0 radical (unpaired) electrons. The van der Waals surface area contributed by atoms with Crippen molar-refractivity contribution in [3.05, 3.63) is 101 Å². The van der Waals surface area contributed by atoms with Crippen LogP contribution in [-0.4, -0.2) is 12.4 Å². The topological polar surface area (TPSA) is 26.3 Å². The first kappa shape index (κ1) is 15.0. The van der Waals surface area contributed by atoms with Gasteiger partial charge in [-0.1, -0.05) is 72.3 Å². The van der Waals surface area contributed by atoms with Gasteiger partial charge < -0.3 is 4.74 Å². The minimum atomic E-state index is -0.861. The number of hydrogen-bond acceptors (Lipinski definition) is 2. The number of carbonyl (C=O) groups excluding carboxylic acids is 1. The summed E-state index contributed by atoms with van der Waals surface area (Å²) in [4.78, 5) is 13.6. The molecule has 3 aromatic carbocycles. The molecule has 1 heterocycles. The van der Waals surface area contributed by atoms with Crippen LogP contribution in [0.3, 0.4) is 0 Å². The van der Waals surface area contributed by atoms with Gasteiger partial charge in [0.05, 0.1) is 5.56 Å². The second-order valence-electron chi connectivity index (χ2n) is 5.90. The lowest BCUT2D eigenvalue weighted by molar-refractivity contribution is 0.0818. The minimum Gasteiger partial charge on any atom is -0.491 e. The van der Waals surface area contributed by atoms with Gasteiger partial charge in [0.25, 0.3) is 0 Å². The second kappa shape index (κ2) is 5.81. The molecule has 0 unspecified atom stereocenters. The zero-order chi connectivity index (χ0) is 16.6. The highest BCUT2D eigenvalue weighted by molar-refractivity contribution is 6.31. The van der Waals surface area contributed by atoms with Crippen LogP contribution in [0.4, 0.5) is 0 Å². The number of benzene rings is 3. The van der Waals surface area contributed by atoms with E-state index in [1.54, 1.807) is 18.2 Å². The molecule has 0 spiro atoms. The van der Waals surface area contributed by atoms with E-state index >= 15 is 0 Å². The smallest absolute Gasteiger partial charge is 0.185 e. The zero-order valence-electron chi connectivity index (χ0n) is 12.9. The van der Waals surface area contributed by atoms with Gasteiger partial charge >= 0.3 is 0 Å². The maximum Gasteiger partial charge on any atom is 0.185 e. The van der Waals surface area contributed by atoms with Crippen LogP contribution in [0.25, 0.3) is 0 Å². The van der Waals surface area contributed by atoms with Crippen LogP contribution in [0.2, 0.25) is 5.02 Å². The highest BCUT2D eigenvalue weighted by Gasteiger charge is 2.47. The fourth-order valence-electron chi connectivity index (χ4n) is 3.33. The Kier molecular flexibility index (Phi) is 3.62. The summed E-state index contributed by atoms with van der Waals surface area (Å²) >= 11 is 6.12. The molecule has 3 aromatic rings. The van der Waals surface area contributed by atoms with Crippen LogP contribution < -0.4 is 4.74 Å². The summed E-state index contributed by atoms with van der Waals surface area (Å²) < 4.78 is 5.99. The molecule has 0 amide bonds. The van der Waals surface area contributed by atoms with E-state index in [0.717, 1.165) is 11.1 Å². The molecule has 0 aromatic heterocycles. The normalized spacial score (nSPS) is 15.5. The number of rotatable bonds is 2. The highest BCUT2D eigenvalue weighted by atomic mass is 35.5. The average molecular weight is 335 g/mol.